The van der Waals surface area contributed by atoms with E-state index in [1.807, 2.05) is 42.5 Å². The Bertz CT molecular complexity index is 1090. The number of fused-ring (bicyclic) bond motifs is 3. The van der Waals surface area contributed by atoms with Crippen LogP contribution in [0.2, 0.25) is 5.02 Å². The Kier molecular flexibility index (Phi) is 4.03. The Morgan fingerprint density at radius 2 is 2.04 bits per heavy atom. The number of aryl methyl sites for hydroxylation is 1. The molecule has 1 N–H and O–H groups in total. The van der Waals surface area contributed by atoms with Crippen molar-refractivity contribution in [1.82, 2.24) is 19.7 Å². The summed E-state index contributed by atoms with van der Waals surface area (Å²) in [5, 5.41) is 14.3. The predicted molar refractivity (Wildman–Crippen MR) is 101 cm³/mol. The van der Waals surface area contributed by atoms with Crippen molar-refractivity contribution in [2.24, 2.45) is 5.10 Å². The van der Waals surface area contributed by atoms with Gasteiger partial charge in [0.1, 0.15) is 5.52 Å². The van der Waals surface area contributed by atoms with Gasteiger partial charge in [-0.05, 0) is 30.7 Å². The molecule has 0 bridgehead atoms. The Balaban J connectivity index is 1.68. The van der Waals surface area contributed by atoms with E-state index in [9.17, 15) is 0 Å². The van der Waals surface area contributed by atoms with Gasteiger partial charge in [-0.2, -0.15) is 10.1 Å². The second kappa shape index (κ2) is 6.49. The second-order valence-electron chi connectivity index (χ2n) is 5.49. The number of para-hydroxylation sites is 1. The maximum Gasteiger partial charge on any atom is 0.265 e. The predicted octanol–water partition coefficient (Wildman–Crippen LogP) is 4.10. The first-order valence-corrected chi connectivity index (χ1v) is 8.30. The first-order valence-electron chi connectivity index (χ1n) is 7.92. The van der Waals surface area contributed by atoms with E-state index in [1.165, 1.54) is 0 Å². The minimum absolute atomic E-state index is 0.350. The molecule has 2 aromatic heterocycles. The molecule has 124 valence electrons. The zero-order chi connectivity index (χ0) is 17.2. The number of halogens is 1. The Morgan fingerprint density at radius 1 is 1.16 bits per heavy atom. The lowest BCUT2D eigenvalue weighted by atomic mass is 10.2. The van der Waals surface area contributed by atoms with Crippen LogP contribution in [0.5, 0.6) is 0 Å². The summed E-state index contributed by atoms with van der Waals surface area (Å²) < 4.78 is 2.12. The van der Waals surface area contributed by atoms with E-state index < -0.39 is 0 Å². The summed E-state index contributed by atoms with van der Waals surface area (Å²) in [6.07, 6.45) is 1.66. The second-order valence-corrected chi connectivity index (χ2v) is 5.93. The summed E-state index contributed by atoms with van der Waals surface area (Å²) in [5.41, 5.74) is 6.40. The molecule has 0 radical (unpaired) electrons. The maximum absolute atomic E-state index is 5.96. The molecule has 0 aliphatic rings. The summed E-state index contributed by atoms with van der Waals surface area (Å²) in [4.78, 5) is 4.57. The van der Waals surface area contributed by atoms with Crippen molar-refractivity contribution in [2.45, 2.75) is 13.5 Å². The third-order valence-corrected chi connectivity index (χ3v) is 4.15. The fourth-order valence-corrected chi connectivity index (χ4v) is 3.02. The van der Waals surface area contributed by atoms with Crippen LogP contribution in [0.15, 0.2) is 53.6 Å². The molecule has 0 saturated carbocycles. The van der Waals surface area contributed by atoms with Crippen molar-refractivity contribution >= 4 is 45.8 Å². The molecule has 2 aromatic carbocycles. The molecular weight excluding hydrogens is 336 g/mol. The molecule has 4 aromatic rings. The molecule has 0 spiro atoms. The highest BCUT2D eigenvalue weighted by molar-refractivity contribution is 6.30. The van der Waals surface area contributed by atoms with Crippen LogP contribution in [0.25, 0.3) is 22.1 Å². The number of hydrogen-bond acceptors (Lipinski definition) is 5. The van der Waals surface area contributed by atoms with Gasteiger partial charge in [0.05, 0.1) is 11.7 Å². The lowest BCUT2D eigenvalue weighted by Gasteiger charge is -2.02. The first kappa shape index (κ1) is 15.5. The fraction of sp³-hybridized carbons (Fsp3) is 0.111. The van der Waals surface area contributed by atoms with E-state index in [-0.39, 0.29) is 0 Å². The van der Waals surface area contributed by atoms with E-state index in [2.05, 4.69) is 43.3 Å². The summed E-state index contributed by atoms with van der Waals surface area (Å²) in [5.74, 6) is 0.350. The molecule has 0 aliphatic heterocycles. The maximum atomic E-state index is 5.96. The SMILES string of the molecule is CCn1c2ccccc2c2nnc(N/N=C/c3cccc(Cl)c3)nc21. The Labute approximate surface area is 149 Å². The number of rotatable bonds is 4. The topological polar surface area (TPSA) is 68.0 Å². The Hall–Kier alpha value is -2.99. The number of hydrogen-bond donors (Lipinski definition) is 1. The molecule has 0 amide bonds. The quantitative estimate of drug-likeness (QED) is 0.444. The third-order valence-electron chi connectivity index (χ3n) is 3.92. The largest absolute Gasteiger partial charge is 0.324 e. The molecule has 6 nitrogen and oxygen atoms in total. The lowest BCUT2D eigenvalue weighted by molar-refractivity contribution is 0.811. The molecule has 25 heavy (non-hydrogen) atoms. The van der Waals surface area contributed by atoms with Crippen molar-refractivity contribution in [3.63, 3.8) is 0 Å². The number of hydrazone groups is 1. The fourth-order valence-electron chi connectivity index (χ4n) is 2.82. The minimum Gasteiger partial charge on any atom is -0.324 e. The summed E-state index contributed by atoms with van der Waals surface area (Å²) in [6.45, 7) is 2.88. The number of benzene rings is 2. The third kappa shape index (κ3) is 2.92. The van der Waals surface area contributed by atoms with Crippen molar-refractivity contribution in [3.05, 3.63) is 59.1 Å². The standard InChI is InChI=1S/C18H15ClN6/c1-2-25-15-9-4-3-8-14(15)16-17(25)21-18(24-22-16)23-20-11-12-6-5-7-13(19)10-12/h3-11H,2H2,1H3,(H,21,23,24)/b20-11+. The van der Waals surface area contributed by atoms with Gasteiger partial charge in [-0.25, -0.2) is 5.43 Å². The van der Waals surface area contributed by atoms with Crippen LogP contribution in [0.1, 0.15) is 12.5 Å². The highest BCUT2D eigenvalue weighted by Gasteiger charge is 2.13. The van der Waals surface area contributed by atoms with E-state index in [4.69, 9.17) is 11.6 Å². The van der Waals surface area contributed by atoms with Gasteiger partial charge < -0.3 is 4.57 Å². The van der Waals surface area contributed by atoms with Crippen molar-refractivity contribution < 1.29 is 0 Å². The molecule has 0 unspecified atom stereocenters. The highest BCUT2D eigenvalue weighted by Crippen LogP contribution is 2.26. The average Bonchev–Trinajstić information content (AvgIpc) is 2.95. The van der Waals surface area contributed by atoms with Crippen molar-refractivity contribution in [2.75, 3.05) is 5.43 Å². The average molecular weight is 351 g/mol. The van der Waals surface area contributed by atoms with Gasteiger partial charge in [-0.1, -0.05) is 41.9 Å². The van der Waals surface area contributed by atoms with Gasteiger partial charge in [0.25, 0.3) is 5.95 Å². The molecule has 4 rings (SSSR count). The van der Waals surface area contributed by atoms with E-state index in [0.29, 0.717) is 11.0 Å². The van der Waals surface area contributed by atoms with Gasteiger partial charge in [-0.15, -0.1) is 10.2 Å². The van der Waals surface area contributed by atoms with Crippen molar-refractivity contribution in [3.8, 4) is 0 Å². The zero-order valence-electron chi connectivity index (χ0n) is 13.5. The van der Waals surface area contributed by atoms with Crippen LogP contribution >= 0.6 is 11.6 Å². The van der Waals surface area contributed by atoms with Crippen LogP contribution in [-0.4, -0.2) is 26.0 Å². The molecule has 0 atom stereocenters. The summed E-state index contributed by atoms with van der Waals surface area (Å²) >= 11 is 5.96. The Morgan fingerprint density at radius 3 is 2.88 bits per heavy atom. The van der Waals surface area contributed by atoms with Crippen LogP contribution in [0.3, 0.4) is 0 Å². The summed E-state index contributed by atoms with van der Waals surface area (Å²) in [6, 6.07) is 15.5. The van der Waals surface area contributed by atoms with Gasteiger partial charge in [0.2, 0.25) is 0 Å². The molecule has 7 heteroatoms. The monoisotopic (exact) mass is 350 g/mol. The van der Waals surface area contributed by atoms with E-state index in [1.54, 1.807) is 6.21 Å². The number of nitrogens with zero attached hydrogens (tertiary/aromatic N) is 5. The molecule has 2 heterocycles. The van der Waals surface area contributed by atoms with Gasteiger partial charge in [-0.3, -0.25) is 0 Å². The van der Waals surface area contributed by atoms with E-state index >= 15 is 0 Å². The molecule has 0 fully saturated rings. The molecular formula is C18H15ClN6. The normalized spacial score (nSPS) is 11.6. The minimum atomic E-state index is 0.350. The number of nitrogens with one attached hydrogen (secondary N) is 1. The summed E-state index contributed by atoms with van der Waals surface area (Å²) in [7, 11) is 0. The number of anilines is 1. The van der Waals surface area contributed by atoms with E-state index in [0.717, 1.165) is 34.2 Å². The smallest absolute Gasteiger partial charge is 0.265 e. The number of aromatic nitrogens is 4. The molecule has 0 saturated heterocycles. The van der Waals surface area contributed by atoms with Crippen LogP contribution in [0.4, 0.5) is 5.95 Å². The van der Waals surface area contributed by atoms with Crippen LogP contribution < -0.4 is 5.43 Å². The van der Waals surface area contributed by atoms with Gasteiger partial charge in [0, 0.05) is 17.0 Å². The van der Waals surface area contributed by atoms with Crippen molar-refractivity contribution in [1.29, 1.82) is 0 Å². The zero-order valence-corrected chi connectivity index (χ0v) is 14.3. The molecule has 0 aliphatic carbocycles. The lowest BCUT2D eigenvalue weighted by Crippen LogP contribution is -2.02. The van der Waals surface area contributed by atoms with Gasteiger partial charge >= 0.3 is 0 Å². The van der Waals surface area contributed by atoms with Crippen LogP contribution in [0, 0.1) is 0 Å². The van der Waals surface area contributed by atoms with Crippen LogP contribution in [-0.2, 0) is 6.54 Å². The first-order chi connectivity index (χ1) is 12.3. The van der Waals surface area contributed by atoms with Gasteiger partial charge in [0.15, 0.2) is 5.65 Å². The highest BCUT2D eigenvalue weighted by atomic mass is 35.5.